The minimum atomic E-state index is -0.743. The average Bonchev–Trinajstić information content (AvgIpc) is 2.45. The van der Waals surface area contributed by atoms with Gasteiger partial charge in [-0.2, -0.15) is 0 Å². The molecule has 0 aromatic heterocycles. The number of hydrogen-bond donors (Lipinski definition) is 2. The van der Waals surface area contributed by atoms with Gasteiger partial charge >= 0.3 is 0 Å². The Hall–Kier alpha value is -2.76. The van der Waals surface area contributed by atoms with Crippen molar-refractivity contribution >= 4 is 23.2 Å². The lowest BCUT2D eigenvalue weighted by atomic mass is 9.89. The zero-order valence-corrected chi connectivity index (χ0v) is 11.4. The van der Waals surface area contributed by atoms with Gasteiger partial charge in [0.25, 0.3) is 0 Å². The highest BCUT2D eigenvalue weighted by Gasteiger charge is 2.31. The van der Waals surface area contributed by atoms with Crippen molar-refractivity contribution in [2.24, 2.45) is 0 Å². The van der Waals surface area contributed by atoms with Crippen LogP contribution in [0.25, 0.3) is 0 Å². The first-order chi connectivity index (χ1) is 10.5. The topological polar surface area (TPSA) is 58.2 Å². The Kier molecular flexibility index (Phi) is 3.58. The van der Waals surface area contributed by atoms with Crippen LogP contribution in [0.2, 0.25) is 0 Å². The second-order valence-electron chi connectivity index (χ2n) is 5.04. The average molecular weight is 302 g/mol. The van der Waals surface area contributed by atoms with E-state index in [4.69, 9.17) is 0 Å². The second-order valence-corrected chi connectivity index (χ2v) is 5.04. The summed E-state index contributed by atoms with van der Waals surface area (Å²) in [6.45, 7) is 0. The Morgan fingerprint density at radius 3 is 2.68 bits per heavy atom. The largest absolute Gasteiger partial charge is 0.326 e. The number of carbonyl (C=O) groups excluding carboxylic acids is 2. The van der Waals surface area contributed by atoms with E-state index in [0.717, 1.165) is 0 Å². The zero-order chi connectivity index (χ0) is 15.7. The molecule has 2 aromatic carbocycles. The van der Waals surface area contributed by atoms with Crippen molar-refractivity contribution in [1.82, 2.24) is 0 Å². The molecule has 6 heteroatoms. The van der Waals surface area contributed by atoms with Gasteiger partial charge in [0.1, 0.15) is 11.6 Å². The van der Waals surface area contributed by atoms with E-state index in [1.807, 2.05) is 0 Å². The quantitative estimate of drug-likeness (QED) is 0.896. The lowest BCUT2D eigenvalue weighted by molar-refractivity contribution is -0.123. The van der Waals surface area contributed by atoms with E-state index >= 15 is 0 Å². The summed E-state index contributed by atoms with van der Waals surface area (Å²) in [5, 5.41) is 5.12. The first-order valence-electron chi connectivity index (χ1n) is 6.68. The fourth-order valence-corrected chi connectivity index (χ4v) is 2.47. The van der Waals surface area contributed by atoms with E-state index in [1.165, 1.54) is 36.4 Å². The van der Waals surface area contributed by atoms with Crippen LogP contribution in [-0.4, -0.2) is 11.8 Å². The second kappa shape index (κ2) is 5.55. The Bertz CT molecular complexity index is 762. The maximum Gasteiger partial charge on any atom is 0.232 e. The molecule has 2 aromatic rings. The first-order valence-corrected chi connectivity index (χ1v) is 6.68. The first kappa shape index (κ1) is 14.2. The van der Waals surface area contributed by atoms with Crippen LogP contribution in [0.3, 0.4) is 0 Å². The molecule has 2 N–H and O–H groups in total. The highest BCUT2D eigenvalue weighted by atomic mass is 19.1. The number of benzene rings is 2. The molecule has 0 saturated carbocycles. The highest BCUT2D eigenvalue weighted by Crippen LogP contribution is 2.33. The normalized spacial score (nSPS) is 16.6. The van der Waals surface area contributed by atoms with Gasteiger partial charge in [0, 0.05) is 17.8 Å². The molecular formula is C16H12F2N2O2. The van der Waals surface area contributed by atoms with Crippen LogP contribution in [0.5, 0.6) is 0 Å². The molecule has 1 aliphatic rings. The fourth-order valence-electron chi connectivity index (χ4n) is 2.47. The number of carbonyl (C=O) groups is 2. The maximum atomic E-state index is 13.2. The van der Waals surface area contributed by atoms with E-state index in [2.05, 4.69) is 10.6 Å². The molecule has 0 unspecified atom stereocenters. The lowest BCUT2D eigenvalue weighted by Gasteiger charge is -2.24. The monoisotopic (exact) mass is 302 g/mol. The SMILES string of the molecule is O=C1C[C@H](C(=O)Nc2cccc(F)c2)c2ccc(F)cc2N1. The molecular weight excluding hydrogens is 290 g/mol. The summed E-state index contributed by atoms with van der Waals surface area (Å²) < 4.78 is 26.4. The molecule has 0 saturated heterocycles. The molecule has 4 nitrogen and oxygen atoms in total. The molecule has 3 rings (SSSR count). The van der Waals surface area contributed by atoms with Crippen LogP contribution in [0, 0.1) is 11.6 Å². The van der Waals surface area contributed by atoms with E-state index in [0.29, 0.717) is 11.3 Å². The Labute approximate surface area is 125 Å². The molecule has 1 heterocycles. The summed E-state index contributed by atoms with van der Waals surface area (Å²) in [5.74, 6) is -2.51. The predicted octanol–water partition coefficient (Wildman–Crippen LogP) is 3.03. The zero-order valence-electron chi connectivity index (χ0n) is 11.4. The summed E-state index contributed by atoms with van der Waals surface area (Å²) in [6.07, 6.45) is -0.0419. The number of fused-ring (bicyclic) bond motifs is 1. The third-order valence-corrected chi connectivity index (χ3v) is 3.46. The van der Waals surface area contributed by atoms with E-state index in [9.17, 15) is 18.4 Å². The van der Waals surface area contributed by atoms with Gasteiger partial charge in [0.2, 0.25) is 11.8 Å². The number of nitrogens with one attached hydrogen (secondary N) is 2. The third kappa shape index (κ3) is 2.81. The van der Waals surface area contributed by atoms with Crippen molar-refractivity contribution < 1.29 is 18.4 Å². The molecule has 0 fully saturated rings. The molecule has 0 radical (unpaired) electrons. The van der Waals surface area contributed by atoms with Crippen molar-refractivity contribution in [2.45, 2.75) is 12.3 Å². The summed E-state index contributed by atoms with van der Waals surface area (Å²) >= 11 is 0. The van der Waals surface area contributed by atoms with Gasteiger partial charge in [-0.1, -0.05) is 12.1 Å². The molecule has 0 bridgehead atoms. The summed E-state index contributed by atoms with van der Waals surface area (Å²) in [7, 11) is 0. The smallest absolute Gasteiger partial charge is 0.232 e. The molecule has 2 amide bonds. The van der Waals surface area contributed by atoms with Crippen LogP contribution >= 0.6 is 0 Å². The van der Waals surface area contributed by atoms with Crippen LogP contribution < -0.4 is 10.6 Å². The summed E-state index contributed by atoms with van der Waals surface area (Å²) in [4.78, 5) is 24.0. The van der Waals surface area contributed by atoms with Crippen LogP contribution in [0.1, 0.15) is 17.9 Å². The molecule has 0 aliphatic carbocycles. The number of amides is 2. The summed E-state index contributed by atoms with van der Waals surface area (Å²) in [6, 6.07) is 9.36. The Morgan fingerprint density at radius 1 is 1.14 bits per heavy atom. The van der Waals surface area contributed by atoms with Crippen LogP contribution in [0.15, 0.2) is 42.5 Å². The van der Waals surface area contributed by atoms with E-state index < -0.39 is 23.5 Å². The molecule has 1 aliphatic heterocycles. The van der Waals surface area contributed by atoms with Gasteiger partial charge in [-0.25, -0.2) is 8.78 Å². The van der Waals surface area contributed by atoms with Gasteiger partial charge in [-0.15, -0.1) is 0 Å². The molecule has 22 heavy (non-hydrogen) atoms. The molecule has 112 valence electrons. The Balaban J connectivity index is 1.88. The van der Waals surface area contributed by atoms with Crippen molar-refractivity contribution in [3.63, 3.8) is 0 Å². The lowest BCUT2D eigenvalue weighted by Crippen LogP contribution is -2.30. The predicted molar refractivity (Wildman–Crippen MR) is 77.4 cm³/mol. The number of halogens is 2. The van der Waals surface area contributed by atoms with Crippen molar-refractivity contribution in [3.05, 3.63) is 59.7 Å². The standard InChI is InChI=1S/C16H12F2N2O2/c17-9-2-1-3-11(6-9)19-16(22)13-8-15(21)20-14-7-10(18)4-5-12(13)14/h1-7,13H,8H2,(H,19,22)(H,20,21)/t13-/m0/s1. The fraction of sp³-hybridized carbons (Fsp3) is 0.125. The highest BCUT2D eigenvalue weighted by molar-refractivity contribution is 6.05. The number of rotatable bonds is 2. The number of hydrogen-bond acceptors (Lipinski definition) is 2. The van der Waals surface area contributed by atoms with Crippen LogP contribution in [-0.2, 0) is 9.59 Å². The minimum Gasteiger partial charge on any atom is -0.326 e. The number of anilines is 2. The van der Waals surface area contributed by atoms with Gasteiger partial charge < -0.3 is 10.6 Å². The summed E-state index contributed by atoms with van der Waals surface area (Å²) in [5.41, 5.74) is 1.13. The van der Waals surface area contributed by atoms with Gasteiger partial charge in [0.05, 0.1) is 5.92 Å². The van der Waals surface area contributed by atoms with Gasteiger partial charge in [-0.05, 0) is 35.9 Å². The van der Waals surface area contributed by atoms with Gasteiger partial charge in [0.15, 0.2) is 0 Å². The Morgan fingerprint density at radius 2 is 1.91 bits per heavy atom. The van der Waals surface area contributed by atoms with E-state index in [1.54, 1.807) is 6.07 Å². The minimum absolute atomic E-state index is 0.0419. The van der Waals surface area contributed by atoms with Gasteiger partial charge in [-0.3, -0.25) is 9.59 Å². The third-order valence-electron chi connectivity index (χ3n) is 3.46. The van der Waals surface area contributed by atoms with Crippen molar-refractivity contribution in [3.8, 4) is 0 Å². The maximum absolute atomic E-state index is 13.2. The van der Waals surface area contributed by atoms with Crippen LogP contribution in [0.4, 0.5) is 20.2 Å². The molecule has 1 atom stereocenters. The van der Waals surface area contributed by atoms with Crippen molar-refractivity contribution in [2.75, 3.05) is 10.6 Å². The van der Waals surface area contributed by atoms with E-state index in [-0.39, 0.29) is 18.0 Å². The van der Waals surface area contributed by atoms with Crippen molar-refractivity contribution in [1.29, 1.82) is 0 Å². The molecule has 0 spiro atoms.